The number of sulfonamides is 1. The fourth-order valence-corrected chi connectivity index (χ4v) is 2.36. The molecular formula is C9H14N4O5S. The summed E-state index contributed by atoms with van der Waals surface area (Å²) in [4.78, 5) is 9.90. The SMILES string of the molecule is COCCNS(=O)(=O)c1ccc([N+](=O)[O-])c(NN)c1. The smallest absolute Gasteiger partial charge is 0.293 e. The molecule has 1 aromatic carbocycles. The van der Waals surface area contributed by atoms with Gasteiger partial charge in [-0.25, -0.2) is 13.1 Å². The molecule has 0 aliphatic heterocycles. The molecule has 0 aliphatic carbocycles. The zero-order valence-corrected chi connectivity index (χ0v) is 10.9. The van der Waals surface area contributed by atoms with E-state index in [1.165, 1.54) is 7.11 Å². The van der Waals surface area contributed by atoms with Crippen LogP contribution in [0.3, 0.4) is 0 Å². The molecule has 0 aromatic heterocycles. The lowest BCUT2D eigenvalue weighted by molar-refractivity contribution is -0.384. The van der Waals surface area contributed by atoms with Gasteiger partial charge in [-0.1, -0.05) is 0 Å². The van der Waals surface area contributed by atoms with Crippen molar-refractivity contribution in [2.75, 3.05) is 25.7 Å². The number of methoxy groups -OCH3 is 1. The Kier molecular flexibility index (Phi) is 5.18. The fourth-order valence-electron chi connectivity index (χ4n) is 1.32. The normalized spacial score (nSPS) is 11.3. The molecule has 0 radical (unpaired) electrons. The van der Waals surface area contributed by atoms with Gasteiger partial charge in [-0.2, -0.15) is 0 Å². The van der Waals surface area contributed by atoms with Gasteiger partial charge in [0, 0.05) is 19.7 Å². The van der Waals surface area contributed by atoms with Gasteiger partial charge in [0.25, 0.3) is 5.69 Å². The highest BCUT2D eigenvalue weighted by Crippen LogP contribution is 2.26. The van der Waals surface area contributed by atoms with Gasteiger partial charge in [-0.3, -0.25) is 16.0 Å². The highest BCUT2D eigenvalue weighted by molar-refractivity contribution is 7.89. The molecule has 1 rings (SSSR count). The van der Waals surface area contributed by atoms with Gasteiger partial charge in [-0.05, 0) is 12.1 Å². The van der Waals surface area contributed by atoms with Crippen molar-refractivity contribution in [2.24, 2.45) is 5.84 Å². The number of anilines is 1. The summed E-state index contributed by atoms with van der Waals surface area (Å²) in [5.74, 6) is 5.13. The lowest BCUT2D eigenvalue weighted by atomic mass is 10.3. The average Bonchev–Trinajstić information content (AvgIpc) is 2.38. The molecule has 0 saturated heterocycles. The summed E-state index contributed by atoms with van der Waals surface area (Å²) in [6, 6.07) is 3.29. The fraction of sp³-hybridized carbons (Fsp3) is 0.333. The molecule has 1 aromatic rings. The van der Waals surface area contributed by atoms with Crippen LogP contribution >= 0.6 is 0 Å². The van der Waals surface area contributed by atoms with E-state index >= 15 is 0 Å². The zero-order valence-electron chi connectivity index (χ0n) is 10.1. The minimum Gasteiger partial charge on any atom is -0.383 e. The van der Waals surface area contributed by atoms with Crippen molar-refractivity contribution in [3.05, 3.63) is 28.3 Å². The third-order valence-electron chi connectivity index (χ3n) is 2.23. The molecule has 10 heteroatoms. The van der Waals surface area contributed by atoms with Gasteiger partial charge in [0.1, 0.15) is 5.69 Å². The average molecular weight is 290 g/mol. The molecule has 0 bridgehead atoms. The summed E-state index contributed by atoms with van der Waals surface area (Å²) in [7, 11) is -2.31. The van der Waals surface area contributed by atoms with Crippen LogP contribution in [0.25, 0.3) is 0 Å². The minimum absolute atomic E-state index is 0.0837. The number of nitrogens with one attached hydrogen (secondary N) is 2. The van der Waals surface area contributed by atoms with Crippen LogP contribution in [0, 0.1) is 10.1 Å². The van der Waals surface area contributed by atoms with E-state index in [9.17, 15) is 18.5 Å². The lowest BCUT2D eigenvalue weighted by Gasteiger charge is -2.08. The second kappa shape index (κ2) is 6.43. The first-order chi connectivity index (χ1) is 8.92. The number of nitrogens with two attached hydrogens (primary N) is 1. The largest absolute Gasteiger partial charge is 0.383 e. The van der Waals surface area contributed by atoms with Gasteiger partial charge < -0.3 is 10.2 Å². The van der Waals surface area contributed by atoms with Gasteiger partial charge in [0.2, 0.25) is 10.0 Å². The van der Waals surface area contributed by atoms with E-state index in [0.29, 0.717) is 0 Å². The number of benzene rings is 1. The van der Waals surface area contributed by atoms with E-state index in [1.807, 2.05) is 0 Å². The van der Waals surface area contributed by atoms with Gasteiger partial charge in [0.15, 0.2) is 0 Å². The second-order valence-electron chi connectivity index (χ2n) is 3.47. The molecule has 9 nitrogen and oxygen atoms in total. The third-order valence-corrected chi connectivity index (χ3v) is 3.69. The summed E-state index contributed by atoms with van der Waals surface area (Å²) in [5.41, 5.74) is 1.71. The first-order valence-electron chi connectivity index (χ1n) is 5.16. The number of nitro groups is 1. The van der Waals surface area contributed by atoms with E-state index in [0.717, 1.165) is 18.2 Å². The second-order valence-corrected chi connectivity index (χ2v) is 5.24. The summed E-state index contributed by atoms with van der Waals surface area (Å²) in [5, 5.41) is 10.7. The number of nitro benzene ring substituents is 1. The Morgan fingerprint density at radius 1 is 1.47 bits per heavy atom. The maximum absolute atomic E-state index is 11.9. The van der Waals surface area contributed by atoms with Crippen LogP contribution in [0.1, 0.15) is 0 Å². The van der Waals surface area contributed by atoms with Gasteiger partial charge in [-0.15, -0.1) is 0 Å². The van der Waals surface area contributed by atoms with E-state index in [4.69, 9.17) is 10.6 Å². The highest BCUT2D eigenvalue weighted by atomic mass is 32.2. The summed E-state index contributed by atoms with van der Waals surface area (Å²) in [6.07, 6.45) is 0. The van der Waals surface area contributed by atoms with Gasteiger partial charge >= 0.3 is 0 Å². The Morgan fingerprint density at radius 2 is 2.16 bits per heavy atom. The first kappa shape index (κ1) is 15.3. The Labute approximate surface area is 109 Å². The van der Waals surface area contributed by atoms with Crippen molar-refractivity contribution in [1.82, 2.24) is 4.72 Å². The molecule has 0 heterocycles. The van der Waals surface area contributed by atoms with Crippen LogP contribution in [0.15, 0.2) is 23.1 Å². The molecule has 0 fully saturated rings. The molecule has 0 spiro atoms. The molecule has 0 aliphatic rings. The summed E-state index contributed by atoms with van der Waals surface area (Å²) < 4.78 is 30.7. The Balaban J connectivity index is 3.05. The van der Waals surface area contributed by atoms with E-state index < -0.39 is 14.9 Å². The Hall–Kier alpha value is -1.75. The van der Waals surface area contributed by atoms with Crippen LogP contribution in [0.4, 0.5) is 11.4 Å². The number of hydrogen-bond donors (Lipinski definition) is 3. The Bertz CT molecular complexity index is 560. The molecule has 4 N–H and O–H groups in total. The van der Waals surface area contributed by atoms with Crippen LogP contribution in [-0.4, -0.2) is 33.6 Å². The van der Waals surface area contributed by atoms with Crippen molar-refractivity contribution in [1.29, 1.82) is 0 Å². The molecule has 0 unspecified atom stereocenters. The maximum Gasteiger partial charge on any atom is 0.293 e. The van der Waals surface area contributed by atoms with E-state index in [-0.39, 0.29) is 29.4 Å². The highest BCUT2D eigenvalue weighted by Gasteiger charge is 2.19. The number of ether oxygens (including phenoxy) is 1. The minimum atomic E-state index is -3.76. The van der Waals surface area contributed by atoms with E-state index in [1.54, 1.807) is 0 Å². The Morgan fingerprint density at radius 3 is 2.68 bits per heavy atom. The number of hydrazine groups is 1. The summed E-state index contributed by atoms with van der Waals surface area (Å²) in [6.45, 7) is 0.315. The molecule has 0 atom stereocenters. The number of nitrogens with zero attached hydrogens (tertiary/aromatic N) is 1. The number of hydrogen-bond acceptors (Lipinski definition) is 7. The third kappa shape index (κ3) is 3.86. The number of rotatable bonds is 7. The van der Waals surface area contributed by atoms with Crippen molar-refractivity contribution < 1.29 is 18.1 Å². The van der Waals surface area contributed by atoms with Crippen molar-refractivity contribution >= 4 is 21.4 Å². The monoisotopic (exact) mass is 290 g/mol. The predicted molar refractivity (Wildman–Crippen MR) is 68.0 cm³/mol. The topological polar surface area (TPSA) is 137 Å². The standard InChI is InChI=1S/C9H14N4O5S/c1-18-5-4-11-19(16,17)7-2-3-9(13(14)15)8(6-7)12-10/h2-3,6,11-12H,4-5,10H2,1H3. The van der Waals surface area contributed by atoms with Crippen LogP contribution in [0.5, 0.6) is 0 Å². The molecule has 0 saturated carbocycles. The molecular weight excluding hydrogens is 276 g/mol. The van der Waals surface area contributed by atoms with Crippen molar-refractivity contribution in [3.8, 4) is 0 Å². The summed E-state index contributed by atoms with van der Waals surface area (Å²) >= 11 is 0. The van der Waals surface area contributed by atoms with Crippen LogP contribution < -0.4 is 16.0 Å². The van der Waals surface area contributed by atoms with Crippen LogP contribution in [-0.2, 0) is 14.8 Å². The van der Waals surface area contributed by atoms with Crippen LogP contribution in [0.2, 0.25) is 0 Å². The van der Waals surface area contributed by atoms with Crippen molar-refractivity contribution in [3.63, 3.8) is 0 Å². The number of nitrogen functional groups attached to an aromatic ring is 1. The predicted octanol–water partition coefficient (Wildman–Crippen LogP) is -0.195. The maximum atomic E-state index is 11.9. The zero-order chi connectivity index (χ0) is 14.5. The molecule has 0 amide bonds. The van der Waals surface area contributed by atoms with E-state index in [2.05, 4.69) is 10.1 Å². The quantitative estimate of drug-likeness (QED) is 0.274. The van der Waals surface area contributed by atoms with Crippen molar-refractivity contribution in [2.45, 2.75) is 4.90 Å². The molecule has 106 valence electrons. The first-order valence-corrected chi connectivity index (χ1v) is 6.64. The lowest BCUT2D eigenvalue weighted by Crippen LogP contribution is -2.27. The molecule has 19 heavy (non-hydrogen) atoms. The van der Waals surface area contributed by atoms with Gasteiger partial charge in [0.05, 0.1) is 16.4 Å².